The van der Waals surface area contributed by atoms with Gasteiger partial charge >= 0.3 is 12.4 Å². The van der Waals surface area contributed by atoms with Crippen LogP contribution in [0.5, 0.6) is 17.2 Å². The van der Waals surface area contributed by atoms with Crippen molar-refractivity contribution in [1.29, 1.82) is 0 Å². The van der Waals surface area contributed by atoms with Crippen molar-refractivity contribution in [2.45, 2.75) is 70.3 Å². The molecule has 9 heteroatoms. The number of ketones is 1. The van der Waals surface area contributed by atoms with Gasteiger partial charge in [0, 0.05) is 11.1 Å². The standard InChI is InChI=1S/C36H34F6O3/c1-6-33(4,5)26-11-7-24(8-12-26)32(43)25-9-17-30(18-10-25)45-31-21-15-28(16-22-31)34(35(37,38)39,36(40,41)42)27-13-19-29(20-14-27)44-23(2)3/h7-23H,6H2,1-5H3. The molecule has 0 aliphatic heterocycles. The van der Waals surface area contributed by atoms with E-state index in [2.05, 4.69) is 20.8 Å². The lowest BCUT2D eigenvalue weighted by Gasteiger charge is -2.38. The van der Waals surface area contributed by atoms with Gasteiger partial charge in [-0.3, -0.25) is 4.79 Å². The summed E-state index contributed by atoms with van der Waals surface area (Å²) in [5, 5.41) is 0. The van der Waals surface area contributed by atoms with E-state index in [1.807, 2.05) is 12.1 Å². The minimum Gasteiger partial charge on any atom is -0.491 e. The van der Waals surface area contributed by atoms with Crippen LogP contribution in [0.1, 0.15) is 73.7 Å². The fourth-order valence-electron chi connectivity index (χ4n) is 5.06. The first-order valence-electron chi connectivity index (χ1n) is 14.4. The molecule has 0 amide bonds. The van der Waals surface area contributed by atoms with E-state index < -0.39 is 28.9 Å². The number of halogens is 6. The molecule has 238 valence electrons. The van der Waals surface area contributed by atoms with Crippen molar-refractivity contribution in [2.24, 2.45) is 0 Å². The third kappa shape index (κ3) is 6.87. The van der Waals surface area contributed by atoms with Crippen LogP contribution < -0.4 is 9.47 Å². The lowest BCUT2D eigenvalue weighted by Crippen LogP contribution is -2.54. The van der Waals surface area contributed by atoms with Gasteiger partial charge in [0.2, 0.25) is 5.41 Å². The summed E-state index contributed by atoms with van der Waals surface area (Å²) >= 11 is 0. The summed E-state index contributed by atoms with van der Waals surface area (Å²) in [5.41, 5.74) is -4.29. The normalized spacial score (nSPS) is 12.7. The van der Waals surface area contributed by atoms with Gasteiger partial charge in [-0.05, 0) is 90.9 Å². The van der Waals surface area contributed by atoms with E-state index in [1.165, 1.54) is 12.1 Å². The summed E-state index contributed by atoms with van der Waals surface area (Å²) in [6, 6.07) is 20.9. The number of hydrogen-bond acceptors (Lipinski definition) is 3. The largest absolute Gasteiger partial charge is 0.491 e. The van der Waals surface area contributed by atoms with Gasteiger partial charge in [0.05, 0.1) is 6.10 Å². The maximum Gasteiger partial charge on any atom is 0.411 e. The first-order chi connectivity index (χ1) is 21.0. The summed E-state index contributed by atoms with van der Waals surface area (Å²) in [4.78, 5) is 13.0. The van der Waals surface area contributed by atoms with Crippen molar-refractivity contribution in [1.82, 2.24) is 0 Å². The van der Waals surface area contributed by atoms with Crippen LogP contribution in [-0.4, -0.2) is 24.2 Å². The van der Waals surface area contributed by atoms with Crippen LogP contribution >= 0.6 is 0 Å². The molecular formula is C36H34F6O3. The van der Waals surface area contributed by atoms with E-state index in [4.69, 9.17) is 9.47 Å². The zero-order valence-electron chi connectivity index (χ0n) is 25.5. The van der Waals surface area contributed by atoms with Gasteiger partial charge < -0.3 is 9.47 Å². The molecule has 4 rings (SSSR count). The Labute approximate surface area is 258 Å². The fourth-order valence-corrected chi connectivity index (χ4v) is 5.06. The van der Waals surface area contributed by atoms with Gasteiger partial charge in [-0.1, -0.05) is 69.3 Å². The van der Waals surface area contributed by atoms with Gasteiger partial charge in [0.25, 0.3) is 0 Å². The Morgan fingerprint density at radius 1 is 0.600 bits per heavy atom. The number of carbonyl (C=O) groups is 1. The maximum absolute atomic E-state index is 14.5. The smallest absolute Gasteiger partial charge is 0.411 e. The Balaban J connectivity index is 1.57. The summed E-state index contributed by atoms with van der Waals surface area (Å²) in [6.45, 7) is 9.73. The second-order valence-electron chi connectivity index (χ2n) is 11.7. The monoisotopic (exact) mass is 628 g/mol. The SMILES string of the molecule is CCC(C)(C)c1ccc(C(=O)c2ccc(Oc3ccc(C(c4ccc(OC(C)C)cc4)(C(F)(F)F)C(F)(F)F)cc3)cc2)cc1. The highest BCUT2D eigenvalue weighted by atomic mass is 19.4. The Morgan fingerprint density at radius 2 is 0.956 bits per heavy atom. The number of ether oxygens (including phenoxy) is 2. The predicted molar refractivity (Wildman–Crippen MR) is 161 cm³/mol. The van der Waals surface area contributed by atoms with Crippen molar-refractivity contribution in [3.8, 4) is 17.2 Å². The van der Waals surface area contributed by atoms with Crippen LogP contribution in [-0.2, 0) is 10.8 Å². The van der Waals surface area contributed by atoms with Gasteiger partial charge in [-0.15, -0.1) is 0 Å². The van der Waals surface area contributed by atoms with Gasteiger partial charge in [-0.2, -0.15) is 26.3 Å². The Bertz CT molecular complexity index is 1570. The van der Waals surface area contributed by atoms with Gasteiger partial charge in [0.15, 0.2) is 5.78 Å². The minimum atomic E-state index is -5.72. The molecule has 4 aromatic rings. The van der Waals surface area contributed by atoms with E-state index in [-0.39, 0.29) is 34.6 Å². The first kappa shape index (κ1) is 33.6. The number of alkyl halides is 6. The van der Waals surface area contributed by atoms with Crippen LogP contribution in [0.25, 0.3) is 0 Å². The molecule has 4 aromatic carbocycles. The van der Waals surface area contributed by atoms with E-state index >= 15 is 0 Å². The molecule has 0 saturated carbocycles. The van der Waals surface area contributed by atoms with Gasteiger partial charge in [-0.25, -0.2) is 0 Å². The Hall–Kier alpha value is -4.27. The fraction of sp³-hybridized carbons (Fsp3) is 0.306. The molecule has 0 aliphatic rings. The maximum atomic E-state index is 14.5. The molecule has 0 saturated heterocycles. The summed E-state index contributed by atoms with van der Waals surface area (Å²) < 4.78 is 98.1. The number of rotatable bonds is 10. The molecule has 0 spiro atoms. The lowest BCUT2D eigenvalue weighted by atomic mass is 9.73. The van der Waals surface area contributed by atoms with E-state index in [9.17, 15) is 31.1 Å². The zero-order valence-corrected chi connectivity index (χ0v) is 25.5. The molecule has 0 bridgehead atoms. The van der Waals surface area contributed by atoms with E-state index in [1.54, 1.807) is 38.1 Å². The highest BCUT2D eigenvalue weighted by Crippen LogP contribution is 2.56. The molecule has 0 aliphatic carbocycles. The number of benzene rings is 4. The van der Waals surface area contributed by atoms with Crippen molar-refractivity contribution in [3.63, 3.8) is 0 Å². The second kappa shape index (κ2) is 12.6. The minimum absolute atomic E-state index is 0.0193. The Morgan fingerprint density at radius 3 is 1.33 bits per heavy atom. The van der Waals surface area contributed by atoms with Crippen LogP contribution in [0.2, 0.25) is 0 Å². The molecular weight excluding hydrogens is 594 g/mol. The molecule has 0 atom stereocenters. The van der Waals surface area contributed by atoms with Crippen LogP contribution in [0.4, 0.5) is 26.3 Å². The molecule has 0 heterocycles. The van der Waals surface area contributed by atoms with Crippen molar-refractivity contribution >= 4 is 5.78 Å². The highest BCUT2D eigenvalue weighted by Gasteiger charge is 2.72. The molecule has 0 radical (unpaired) electrons. The van der Waals surface area contributed by atoms with E-state index in [0.717, 1.165) is 60.5 Å². The topological polar surface area (TPSA) is 35.5 Å². The second-order valence-corrected chi connectivity index (χ2v) is 11.7. The lowest BCUT2D eigenvalue weighted by molar-refractivity contribution is -0.288. The third-order valence-electron chi connectivity index (χ3n) is 7.96. The van der Waals surface area contributed by atoms with Crippen LogP contribution in [0, 0.1) is 0 Å². The average Bonchev–Trinajstić information content (AvgIpc) is 2.97. The number of hydrogen-bond donors (Lipinski definition) is 0. The van der Waals surface area contributed by atoms with Crippen molar-refractivity contribution < 1.29 is 40.6 Å². The first-order valence-corrected chi connectivity index (χ1v) is 14.4. The Kier molecular flexibility index (Phi) is 9.43. The van der Waals surface area contributed by atoms with Gasteiger partial charge in [0.1, 0.15) is 17.2 Å². The summed E-state index contributed by atoms with van der Waals surface area (Å²) in [7, 11) is 0. The molecule has 0 unspecified atom stereocenters. The highest BCUT2D eigenvalue weighted by molar-refractivity contribution is 6.09. The molecule has 45 heavy (non-hydrogen) atoms. The zero-order chi connectivity index (χ0) is 33.2. The molecule has 0 N–H and O–H groups in total. The quantitative estimate of drug-likeness (QED) is 0.130. The summed E-state index contributed by atoms with van der Waals surface area (Å²) in [5.74, 6) is 0.215. The van der Waals surface area contributed by atoms with Crippen molar-refractivity contribution in [2.75, 3.05) is 0 Å². The number of carbonyl (C=O) groups excluding carboxylic acids is 1. The molecule has 3 nitrogen and oxygen atoms in total. The molecule has 0 aromatic heterocycles. The van der Waals surface area contributed by atoms with E-state index in [0.29, 0.717) is 11.1 Å². The summed E-state index contributed by atoms with van der Waals surface area (Å²) in [6.07, 6.45) is -10.8. The van der Waals surface area contributed by atoms with Crippen LogP contribution in [0.15, 0.2) is 97.1 Å². The third-order valence-corrected chi connectivity index (χ3v) is 7.96. The predicted octanol–water partition coefficient (Wildman–Crippen LogP) is 10.6. The average molecular weight is 629 g/mol. The molecule has 0 fully saturated rings. The van der Waals surface area contributed by atoms with Crippen molar-refractivity contribution in [3.05, 3.63) is 125 Å². The van der Waals surface area contributed by atoms with Crippen LogP contribution in [0.3, 0.4) is 0 Å².